The van der Waals surface area contributed by atoms with E-state index < -0.39 is 0 Å². The fourth-order valence-electron chi connectivity index (χ4n) is 5.04. The minimum absolute atomic E-state index is 0.936. The lowest BCUT2D eigenvalue weighted by molar-refractivity contribution is 0.889. The molecule has 0 saturated carbocycles. The molecule has 0 aliphatic rings. The normalized spacial score (nSPS) is 11.0. The summed E-state index contributed by atoms with van der Waals surface area (Å²) < 4.78 is 4.07. The Morgan fingerprint density at radius 2 is 0.675 bits per heavy atom. The van der Waals surface area contributed by atoms with Crippen molar-refractivity contribution in [3.05, 3.63) is 158 Å². The molecule has 190 valence electrons. The van der Waals surface area contributed by atoms with Gasteiger partial charge in [-0.25, -0.2) is 9.36 Å². The highest BCUT2D eigenvalue weighted by Crippen LogP contribution is 2.34. The molecular formula is C36H26N4. The summed E-state index contributed by atoms with van der Waals surface area (Å²) in [6.45, 7) is 0. The van der Waals surface area contributed by atoms with Crippen molar-refractivity contribution in [1.29, 1.82) is 0 Å². The summed E-state index contributed by atoms with van der Waals surface area (Å²) in [6, 6.07) is 54.2. The standard InChI is InChI=1S/C36H26N4/c1-5-14-27(15-6-1)33-25-35(39(37-33)31-20-9-3-10-21-31)29-18-13-19-30(24-29)36-26-34(28-16-7-2-8-17-28)38-40(36)32-22-11-4-12-23-32/h1-26H. The van der Waals surface area contributed by atoms with Crippen molar-refractivity contribution in [2.75, 3.05) is 0 Å². The molecule has 0 fully saturated rings. The largest absolute Gasteiger partial charge is 0.232 e. The molecule has 0 amide bonds. The number of nitrogens with zero attached hydrogens (tertiary/aromatic N) is 4. The second-order valence-electron chi connectivity index (χ2n) is 9.64. The highest BCUT2D eigenvalue weighted by Gasteiger charge is 2.17. The first-order valence-corrected chi connectivity index (χ1v) is 13.4. The van der Waals surface area contributed by atoms with E-state index in [0.29, 0.717) is 0 Å². The number of para-hydroxylation sites is 2. The first-order chi connectivity index (χ1) is 19.8. The second-order valence-corrected chi connectivity index (χ2v) is 9.64. The molecule has 4 heteroatoms. The van der Waals surface area contributed by atoms with E-state index in [1.807, 2.05) is 82.2 Å². The number of aromatic nitrogens is 4. The number of hydrogen-bond acceptors (Lipinski definition) is 2. The van der Waals surface area contributed by atoms with E-state index in [-0.39, 0.29) is 0 Å². The summed E-state index contributed by atoms with van der Waals surface area (Å²) in [5.74, 6) is 0. The maximum atomic E-state index is 5.04. The third-order valence-electron chi connectivity index (χ3n) is 7.01. The van der Waals surface area contributed by atoms with Crippen molar-refractivity contribution in [3.63, 3.8) is 0 Å². The van der Waals surface area contributed by atoms with Crippen molar-refractivity contribution in [3.8, 4) is 56.4 Å². The summed E-state index contributed by atoms with van der Waals surface area (Å²) >= 11 is 0. The van der Waals surface area contributed by atoms with Crippen LogP contribution in [-0.4, -0.2) is 19.6 Å². The van der Waals surface area contributed by atoms with Gasteiger partial charge in [-0.05, 0) is 42.5 Å². The minimum Gasteiger partial charge on any atom is -0.232 e. The Balaban J connectivity index is 1.39. The molecule has 0 saturated heterocycles. The molecular weight excluding hydrogens is 488 g/mol. The van der Waals surface area contributed by atoms with E-state index in [1.165, 1.54) is 0 Å². The number of rotatable bonds is 6. The topological polar surface area (TPSA) is 35.6 Å². The van der Waals surface area contributed by atoms with Gasteiger partial charge in [-0.1, -0.05) is 115 Å². The Kier molecular flexibility index (Phi) is 6.11. The van der Waals surface area contributed by atoms with Gasteiger partial charge in [0.05, 0.1) is 34.2 Å². The molecule has 0 aliphatic carbocycles. The summed E-state index contributed by atoms with van der Waals surface area (Å²) in [6.07, 6.45) is 0. The molecule has 0 aliphatic heterocycles. The van der Waals surface area contributed by atoms with Gasteiger partial charge in [-0.2, -0.15) is 10.2 Å². The summed E-state index contributed by atoms with van der Waals surface area (Å²) in [5.41, 5.74) is 10.3. The molecule has 5 aromatic carbocycles. The van der Waals surface area contributed by atoms with Gasteiger partial charge in [0.15, 0.2) is 0 Å². The van der Waals surface area contributed by atoms with Crippen LogP contribution in [-0.2, 0) is 0 Å². The van der Waals surface area contributed by atoms with E-state index in [1.54, 1.807) is 0 Å². The van der Waals surface area contributed by atoms with Crippen LogP contribution >= 0.6 is 0 Å². The molecule has 7 aromatic rings. The van der Waals surface area contributed by atoms with Crippen LogP contribution in [0.1, 0.15) is 0 Å². The van der Waals surface area contributed by atoms with Crippen molar-refractivity contribution >= 4 is 0 Å². The molecule has 0 radical (unpaired) electrons. The van der Waals surface area contributed by atoms with Crippen LogP contribution in [0.2, 0.25) is 0 Å². The zero-order valence-electron chi connectivity index (χ0n) is 21.8. The van der Waals surface area contributed by atoms with Crippen LogP contribution in [0.3, 0.4) is 0 Å². The molecule has 40 heavy (non-hydrogen) atoms. The predicted octanol–water partition coefficient (Wildman–Crippen LogP) is 8.73. The van der Waals surface area contributed by atoms with Gasteiger partial charge in [0, 0.05) is 22.3 Å². The molecule has 2 aromatic heterocycles. The van der Waals surface area contributed by atoms with Gasteiger partial charge in [-0.15, -0.1) is 0 Å². The Hall–Kier alpha value is -5.48. The SMILES string of the molecule is c1ccc(-c2cc(-c3cccc(-c4cc(-c5ccccc5)nn4-c4ccccc4)c3)n(-c3ccccc3)n2)cc1. The first kappa shape index (κ1) is 23.6. The zero-order valence-corrected chi connectivity index (χ0v) is 21.8. The summed E-state index contributed by atoms with van der Waals surface area (Å²) in [7, 11) is 0. The third kappa shape index (κ3) is 4.52. The smallest absolute Gasteiger partial charge is 0.0934 e. The van der Waals surface area contributed by atoms with Crippen molar-refractivity contribution in [2.24, 2.45) is 0 Å². The number of hydrogen-bond donors (Lipinski definition) is 0. The zero-order chi connectivity index (χ0) is 26.7. The van der Waals surface area contributed by atoms with Gasteiger partial charge >= 0.3 is 0 Å². The lowest BCUT2D eigenvalue weighted by Crippen LogP contribution is -2.00. The number of benzene rings is 5. The molecule has 2 heterocycles. The second kappa shape index (κ2) is 10.4. The Morgan fingerprint density at radius 1 is 0.325 bits per heavy atom. The van der Waals surface area contributed by atoms with Crippen LogP contribution < -0.4 is 0 Å². The quantitative estimate of drug-likeness (QED) is 0.222. The molecule has 7 rings (SSSR count). The van der Waals surface area contributed by atoms with Gasteiger partial charge < -0.3 is 0 Å². The lowest BCUT2D eigenvalue weighted by Gasteiger charge is -2.11. The molecule has 0 atom stereocenters. The van der Waals surface area contributed by atoms with Crippen LogP contribution in [0.15, 0.2) is 158 Å². The third-order valence-corrected chi connectivity index (χ3v) is 7.01. The van der Waals surface area contributed by atoms with Crippen LogP contribution in [0.5, 0.6) is 0 Å². The highest BCUT2D eigenvalue weighted by molar-refractivity contribution is 5.77. The van der Waals surface area contributed by atoms with Crippen molar-refractivity contribution < 1.29 is 0 Å². The van der Waals surface area contributed by atoms with Gasteiger partial charge in [0.1, 0.15) is 0 Å². The Bertz CT molecular complexity index is 1730. The maximum Gasteiger partial charge on any atom is 0.0934 e. The molecule has 0 N–H and O–H groups in total. The van der Waals surface area contributed by atoms with E-state index in [0.717, 1.165) is 56.4 Å². The average Bonchev–Trinajstić information content (AvgIpc) is 3.69. The van der Waals surface area contributed by atoms with Gasteiger partial charge in [-0.3, -0.25) is 0 Å². The molecule has 0 bridgehead atoms. The molecule has 4 nitrogen and oxygen atoms in total. The summed E-state index contributed by atoms with van der Waals surface area (Å²) in [5, 5.41) is 10.1. The van der Waals surface area contributed by atoms with E-state index >= 15 is 0 Å². The Labute approximate surface area is 233 Å². The van der Waals surface area contributed by atoms with E-state index in [9.17, 15) is 0 Å². The lowest BCUT2D eigenvalue weighted by atomic mass is 10.0. The first-order valence-electron chi connectivity index (χ1n) is 13.4. The fourth-order valence-corrected chi connectivity index (χ4v) is 5.04. The Morgan fingerprint density at radius 3 is 1.07 bits per heavy atom. The fraction of sp³-hybridized carbons (Fsp3) is 0. The molecule has 0 unspecified atom stereocenters. The maximum absolute atomic E-state index is 5.04. The van der Waals surface area contributed by atoms with Crippen LogP contribution in [0.25, 0.3) is 56.4 Å². The average molecular weight is 515 g/mol. The van der Waals surface area contributed by atoms with E-state index in [2.05, 4.69) is 84.9 Å². The summed E-state index contributed by atoms with van der Waals surface area (Å²) in [4.78, 5) is 0. The minimum atomic E-state index is 0.936. The van der Waals surface area contributed by atoms with Crippen LogP contribution in [0, 0.1) is 0 Å². The van der Waals surface area contributed by atoms with Gasteiger partial charge in [0.25, 0.3) is 0 Å². The molecule has 0 spiro atoms. The van der Waals surface area contributed by atoms with Crippen LogP contribution in [0.4, 0.5) is 0 Å². The van der Waals surface area contributed by atoms with Crippen molar-refractivity contribution in [1.82, 2.24) is 19.6 Å². The monoisotopic (exact) mass is 514 g/mol. The predicted molar refractivity (Wildman–Crippen MR) is 162 cm³/mol. The van der Waals surface area contributed by atoms with E-state index in [4.69, 9.17) is 10.2 Å². The highest BCUT2D eigenvalue weighted by atomic mass is 15.3. The van der Waals surface area contributed by atoms with Crippen molar-refractivity contribution in [2.45, 2.75) is 0 Å². The van der Waals surface area contributed by atoms with Gasteiger partial charge in [0.2, 0.25) is 0 Å².